The molecule has 17 heavy (non-hydrogen) atoms. The largest absolute Gasteiger partial charge is 0.456 e. The Morgan fingerprint density at radius 2 is 2.06 bits per heavy atom. The molecule has 1 aromatic carbocycles. The number of halogens is 1. The first-order valence-electron chi connectivity index (χ1n) is 4.91. The summed E-state index contributed by atoms with van der Waals surface area (Å²) in [6.07, 6.45) is 0. The molecule has 0 aliphatic rings. The lowest BCUT2D eigenvalue weighted by Crippen LogP contribution is -1.92. The molecule has 3 nitrogen and oxygen atoms in total. The Labute approximate surface area is 102 Å². The van der Waals surface area contributed by atoms with Crippen LogP contribution in [-0.4, -0.2) is 16.8 Å². The fraction of sp³-hybridized carbons (Fsp3) is 0.167. The second-order valence-corrected chi connectivity index (χ2v) is 4.04. The first kappa shape index (κ1) is 11.6. The van der Waals surface area contributed by atoms with Crippen molar-refractivity contribution in [1.29, 1.82) is 0 Å². The highest BCUT2D eigenvalue weighted by molar-refractivity contribution is 7.16. The quantitative estimate of drug-likeness (QED) is 0.783. The van der Waals surface area contributed by atoms with Crippen molar-refractivity contribution in [3.05, 3.63) is 30.1 Å². The summed E-state index contributed by atoms with van der Waals surface area (Å²) in [5.74, 6) is 5.22. The molecule has 1 aromatic heterocycles. The monoisotopic (exact) mass is 248 g/mol. The molecular weight excluding hydrogens is 239 g/mol. The van der Waals surface area contributed by atoms with Crippen LogP contribution in [0.1, 0.15) is 6.92 Å². The SMILES string of the molecule is CC#CCOc1nnc(-c2ccc(F)cc2)s1. The molecule has 0 amide bonds. The average molecular weight is 248 g/mol. The molecule has 0 spiro atoms. The minimum atomic E-state index is -0.270. The Morgan fingerprint density at radius 1 is 1.29 bits per heavy atom. The molecule has 0 unspecified atom stereocenters. The minimum absolute atomic E-state index is 0.270. The molecule has 1 heterocycles. The van der Waals surface area contributed by atoms with Gasteiger partial charge in [0.2, 0.25) is 0 Å². The number of benzene rings is 1. The maximum absolute atomic E-state index is 12.7. The van der Waals surface area contributed by atoms with E-state index in [1.165, 1.54) is 23.5 Å². The second-order valence-electron chi connectivity index (χ2n) is 3.10. The van der Waals surface area contributed by atoms with Crippen LogP contribution in [-0.2, 0) is 0 Å². The maximum Gasteiger partial charge on any atom is 0.295 e. The van der Waals surface area contributed by atoms with Crippen LogP contribution in [0.3, 0.4) is 0 Å². The summed E-state index contributed by atoms with van der Waals surface area (Å²) in [6, 6.07) is 6.09. The standard InChI is InChI=1S/C12H9FN2OS/c1-2-3-8-16-12-15-14-11(17-12)9-4-6-10(13)7-5-9/h4-7H,8H2,1H3. The molecule has 0 N–H and O–H groups in total. The Balaban J connectivity index is 2.11. The van der Waals surface area contributed by atoms with Crippen LogP contribution in [0.2, 0.25) is 0 Å². The maximum atomic E-state index is 12.7. The van der Waals surface area contributed by atoms with Crippen molar-refractivity contribution >= 4 is 11.3 Å². The van der Waals surface area contributed by atoms with Gasteiger partial charge in [-0.3, -0.25) is 0 Å². The number of ether oxygens (including phenoxy) is 1. The number of rotatable bonds is 3. The Morgan fingerprint density at radius 3 is 2.76 bits per heavy atom. The van der Waals surface area contributed by atoms with Gasteiger partial charge in [0, 0.05) is 5.56 Å². The van der Waals surface area contributed by atoms with E-state index < -0.39 is 0 Å². The van der Waals surface area contributed by atoms with Gasteiger partial charge in [0.25, 0.3) is 5.19 Å². The Kier molecular flexibility index (Phi) is 3.68. The number of hydrogen-bond acceptors (Lipinski definition) is 4. The number of aromatic nitrogens is 2. The molecule has 0 aliphatic heterocycles. The predicted octanol–water partition coefficient (Wildman–Crippen LogP) is 2.75. The van der Waals surface area contributed by atoms with Crippen molar-refractivity contribution in [3.8, 4) is 27.6 Å². The zero-order valence-electron chi connectivity index (χ0n) is 9.11. The molecule has 0 bridgehead atoms. The van der Waals surface area contributed by atoms with Crippen molar-refractivity contribution in [3.63, 3.8) is 0 Å². The zero-order chi connectivity index (χ0) is 12.1. The van der Waals surface area contributed by atoms with E-state index in [0.717, 1.165) is 5.56 Å². The number of nitrogens with zero attached hydrogens (tertiary/aromatic N) is 2. The fourth-order valence-corrected chi connectivity index (χ4v) is 1.85. The van der Waals surface area contributed by atoms with E-state index in [0.29, 0.717) is 16.8 Å². The summed E-state index contributed by atoms with van der Waals surface area (Å²) in [5, 5.41) is 9.00. The zero-order valence-corrected chi connectivity index (χ0v) is 9.92. The summed E-state index contributed by atoms with van der Waals surface area (Å²) >= 11 is 1.31. The molecule has 0 radical (unpaired) electrons. The molecule has 2 rings (SSSR count). The van der Waals surface area contributed by atoms with Gasteiger partial charge in [-0.15, -0.1) is 11.0 Å². The van der Waals surface area contributed by atoms with Gasteiger partial charge in [-0.1, -0.05) is 22.4 Å². The van der Waals surface area contributed by atoms with Gasteiger partial charge in [-0.25, -0.2) is 4.39 Å². The van der Waals surface area contributed by atoms with Crippen LogP contribution in [0.5, 0.6) is 5.19 Å². The average Bonchev–Trinajstić information content (AvgIpc) is 2.79. The van der Waals surface area contributed by atoms with Gasteiger partial charge in [0.1, 0.15) is 5.82 Å². The van der Waals surface area contributed by atoms with Crippen LogP contribution < -0.4 is 4.74 Å². The van der Waals surface area contributed by atoms with E-state index in [1.54, 1.807) is 19.1 Å². The first-order valence-corrected chi connectivity index (χ1v) is 5.73. The molecule has 0 saturated carbocycles. The van der Waals surface area contributed by atoms with Crippen LogP contribution in [0.15, 0.2) is 24.3 Å². The third kappa shape index (κ3) is 3.02. The minimum Gasteiger partial charge on any atom is -0.456 e. The molecule has 0 aliphatic carbocycles. The van der Waals surface area contributed by atoms with E-state index in [2.05, 4.69) is 22.0 Å². The van der Waals surface area contributed by atoms with E-state index in [1.807, 2.05) is 0 Å². The lowest BCUT2D eigenvalue weighted by Gasteiger charge is -1.94. The van der Waals surface area contributed by atoms with E-state index in [4.69, 9.17) is 4.74 Å². The molecule has 0 fully saturated rings. The highest BCUT2D eigenvalue weighted by Crippen LogP contribution is 2.27. The fourth-order valence-electron chi connectivity index (χ4n) is 1.15. The highest BCUT2D eigenvalue weighted by atomic mass is 32.1. The van der Waals surface area contributed by atoms with Gasteiger partial charge in [0.05, 0.1) is 0 Å². The van der Waals surface area contributed by atoms with Crippen molar-refractivity contribution in [2.75, 3.05) is 6.61 Å². The van der Waals surface area contributed by atoms with Crippen LogP contribution in [0.25, 0.3) is 10.6 Å². The molecular formula is C12H9FN2OS. The van der Waals surface area contributed by atoms with Crippen LogP contribution in [0.4, 0.5) is 4.39 Å². The molecule has 86 valence electrons. The van der Waals surface area contributed by atoms with Gasteiger partial charge in [-0.05, 0) is 31.2 Å². The summed E-state index contributed by atoms with van der Waals surface area (Å²) in [5.41, 5.74) is 0.820. The predicted molar refractivity (Wildman–Crippen MR) is 64.2 cm³/mol. The topological polar surface area (TPSA) is 35.0 Å². The molecule has 0 saturated heterocycles. The summed E-state index contributed by atoms with van der Waals surface area (Å²) in [6.45, 7) is 2.04. The van der Waals surface area contributed by atoms with Crippen LogP contribution >= 0.6 is 11.3 Å². The third-order valence-electron chi connectivity index (χ3n) is 1.94. The summed E-state index contributed by atoms with van der Waals surface area (Å²) < 4.78 is 18.0. The van der Waals surface area contributed by atoms with E-state index in [9.17, 15) is 4.39 Å². The van der Waals surface area contributed by atoms with Gasteiger partial charge < -0.3 is 4.74 Å². The Hall–Kier alpha value is -1.93. The molecule has 0 atom stereocenters. The van der Waals surface area contributed by atoms with Crippen molar-refractivity contribution in [1.82, 2.24) is 10.2 Å². The molecule has 5 heteroatoms. The second kappa shape index (κ2) is 5.41. The van der Waals surface area contributed by atoms with Gasteiger partial charge in [0.15, 0.2) is 11.6 Å². The van der Waals surface area contributed by atoms with Crippen LogP contribution in [0, 0.1) is 17.7 Å². The van der Waals surface area contributed by atoms with Gasteiger partial charge in [-0.2, -0.15) is 0 Å². The Bertz CT molecular complexity index is 554. The summed E-state index contributed by atoms with van der Waals surface area (Å²) in [7, 11) is 0. The first-order chi connectivity index (χ1) is 8.29. The van der Waals surface area contributed by atoms with Crippen molar-refractivity contribution < 1.29 is 9.13 Å². The lowest BCUT2D eigenvalue weighted by atomic mass is 10.2. The number of hydrogen-bond donors (Lipinski definition) is 0. The van der Waals surface area contributed by atoms with E-state index in [-0.39, 0.29) is 5.82 Å². The molecule has 2 aromatic rings. The normalized spacial score (nSPS) is 9.53. The van der Waals surface area contributed by atoms with Crippen molar-refractivity contribution in [2.24, 2.45) is 0 Å². The summed E-state index contributed by atoms with van der Waals surface area (Å²) in [4.78, 5) is 0. The smallest absolute Gasteiger partial charge is 0.295 e. The van der Waals surface area contributed by atoms with Gasteiger partial charge >= 0.3 is 0 Å². The van der Waals surface area contributed by atoms with E-state index >= 15 is 0 Å². The highest BCUT2D eigenvalue weighted by Gasteiger charge is 2.06. The van der Waals surface area contributed by atoms with Crippen molar-refractivity contribution in [2.45, 2.75) is 6.92 Å². The lowest BCUT2D eigenvalue weighted by molar-refractivity contribution is 0.364. The third-order valence-corrected chi connectivity index (χ3v) is 2.83.